The highest BCUT2D eigenvalue weighted by molar-refractivity contribution is 6.10. The minimum Gasteiger partial charge on any atom is -0.488 e. The van der Waals surface area contributed by atoms with E-state index in [1.807, 2.05) is 84.9 Å². The molecule has 0 aliphatic heterocycles. The molecule has 0 atom stereocenters. The number of nitrogens with two attached hydrogens (primary N) is 1. The predicted molar refractivity (Wildman–Crippen MR) is 112 cm³/mol. The van der Waals surface area contributed by atoms with Crippen LogP contribution in [0.15, 0.2) is 97.1 Å². The lowest BCUT2D eigenvalue weighted by Crippen LogP contribution is -2.37. The molecule has 0 aliphatic carbocycles. The van der Waals surface area contributed by atoms with Gasteiger partial charge in [-0.05, 0) is 29.8 Å². The van der Waals surface area contributed by atoms with Crippen molar-refractivity contribution < 1.29 is 9.53 Å². The maximum atomic E-state index is 12.8. The predicted octanol–water partition coefficient (Wildman–Crippen LogP) is 4.94. The summed E-state index contributed by atoms with van der Waals surface area (Å²) in [6.07, 6.45) is 0. The minimum atomic E-state index is -0.260. The molecular formula is C24H20N2O2. The summed E-state index contributed by atoms with van der Waals surface area (Å²) < 4.78 is 6.04. The van der Waals surface area contributed by atoms with Crippen LogP contribution in [0.1, 0.15) is 15.9 Å². The number of carbonyl (C=O) groups excluding carboxylic acids is 1. The Labute approximate surface area is 163 Å². The molecule has 1 amide bonds. The molecule has 0 heterocycles. The van der Waals surface area contributed by atoms with Gasteiger partial charge in [0.1, 0.15) is 12.4 Å². The largest absolute Gasteiger partial charge is 0.488 e. The summed E-state index contributed by atoms with van der Waals surface area (Å²) in [5, 5.41) is 2.96. The van der Waals surface area contributed by atoms with Gasteiger partial charge in [-0.2, -0.15) is 0 Å². The second-order valence-corrected chi connectivity index (χ2v) is 6.44. The zero-order valence-corrected chi connectivity index (χ0v) is 15.3. The Hall–Kier alpha value is -3.63. The molecule has 138 valence electrons. The van der Waals surface area contributed by atoms with Gasteiger partial charge in [0, 0.05) is 16.3 Å². The third-order valence-electron chi connectivity index (χ3n) is 4.60. The van der Waals surface area contributed by atoms with Gasteiger partial charge in [0.15, 0.2) is 0 Å². The van der Waals surface area contributed by atoms with Gasteiger partial charge in [-0.25, -0.2) is 10.9 Å². The van der Waals surface area contributed by atoms with Crippen LogP contribution >= 0.6 is 0 Å². The topological polar surface area (TPSA) is 55.6 Å². The third kappa shape index (κ3) is 3.59. The lowest BCUT2D eigenvalue weighted by atomic mass is 10.1. The highest BCUT2D eigenvalue weighted by atomic mass is 16.5. The van der Waals surface area contributed by atoms with Crippen molar-refractivity contribution in [2.45, 2.75) is 6.61 Å². The van der Waals surface area contributed by atoms with Crippen LogP contribution in [0.2, 0.25) is 0 Å². The molecule has 0 unspecified atom stereocenters. The first-order chi connectivity index (χ1) is 13.7. The summed E-state index contributed by atoms with van der Waals surface area (Å²) in [7, 11) is 0. The fourth-order valence-corrected chi connectivity index (χ4v) is 3.16. The SMILES string of the molecule is NN(C(=O)c1ccccc1)c1ccc(OCc2ccccc2)c2ccccc12. The summed E-state index contributed by atoms with van der Waals surface area (Å²) in [6.45, 7) is 0.472. The van der Waals surface area contributed by atoms with E-state index < -0.39 is 0 Å². The summed E-state index contributed by atoms with van der Waals surface area (Å²) in [4.78, 5) is 12.8. The highest BCUT2D eigenvalue weighted by Crippen LogP contribution is 2.33. The summed E-state index contributed by atoms with van der Waals surface area (Å²) in [5.41, 5.74) is 2.27. The molecule has 0 bridgehead atoms. The second kappa shape index (κ2) is 7.94. The Balaban J connectivity index is 1.66. The number of hydrogen-bond acceptors (Lipinski definition) is 3. The Morgan fingerprint density at radius 3 is 2.07 bits per heavy atom. The lowest BCUT2D eigenvalue weighted by Gasteiger charge is -2.20. The highest BCUT2D eigenvalue weighted by Gasteiger charge is 2.17. The first kappa shape index (κ1) is 17.8. The third-order valence-corrected chi connectivity index (χ3v) is 4.60. The first-order valence-electron chi connectivity index (χ1n) is 9.07. The van der Waals surface area contributed by atoms with E-state index in [4.69, 9.17) is 10.6 Å². The van der Waals surface area contributed by atoms with Crippen LogP contribution < -0.4 is 15.6 Å². The Morgan fingerprint density at radius 1 is 0.750 bits per heavy atom. The zero-order chi connectivity index (χ0) is 19.3. The van der Waals surface area contributed by atoms with Crippen molar-refractivity contribution in [1.29, 1.82) is 0 Å². The van der Waals surface area contributed by atoms with Crippen LogP contribution in [0.25, 0.3) is 10.8 Å². The van der Waals surface area contributed by atoms with E-state index in [9.17, 15) is 4.79 Å². The van der Waals surface area contributed by atoms with Crippen molar-refractivity contribution in [3.05, 3.63) is 108 Å². The Bertz CT molecular complexity index is 1100. The molecule has 4 aromatic rings. The average molecular weight is 368 g/mol. The molecule has 4 rings (SSSR count). The van der Waals surface area contributed by atoms with Crippen molar-refractivity contribution in [2.75, 3.05) is 5.01 Å². The maximum Gasteiger partial charge on any atom is 0.272 e. The van der Waals surface area contributed by atoms with Crippen molar-refractivity contribution in [3.8, 4) is 5.75 Å². The van der Waals surface area contributed by atoms with Crippen LogP contribution in [0.5, 0.6) is 5.75 Å². The van der Waals surface area contributed by atoms with Crippen molar-refractivity contribution in [1.82, 2.24) is 0 Å². The molecule has 4 nitrogen and oxygen atoms in total. The quantitative estimate of drug-likeness (QED) is 0.308. The fraction of sp³-hybridized carbons (Fsp3) is 0.0417. The molecular weight excluding hydrogens is 348 g/mol. The van der Waals surface area contributed by atoms with E-state index in [1.165, 1.54) is 5.01 Å². The zero-order valence-electron chi connectivity index (χ0n) is 15.3. The molecule has 0 spiro atoms. The molecule has 4 aromatic carbocycles. The summed E-state index contributed by atoms with van der Waals surface area (Å²) >= 11 is 0. The average Bonchev–Trinajstić information content (AvgIpc) is 2.77. The van der Waals surface area contributed by atoms with Gasteiger partial charge >= 0.3 is 0 Å². The number of hydrogen-bond donors (Lipinski definition) is 1. The van der Waals surface area contributed by atoms with Gasteiger partial charge in [0.2, 0.25) is 0 Å². The number of ether oxygens (including phenoxy) is 1. The van der Waals surface area contributed by atoms with Crippen LogP contribution in [0.4, 0.5) is 5.69 Å². The molecule has 0 aliphatic rings. The van der Waals surface area contributed by atoms with E-state index >= 15 is 0 Å². The molecule has 0 fully saturated rings. The maximum absolute atomic E-state index is 12.8. The van der Waals surface area contributed by atoms with E-state index in [0.29, 0.717) is 17.9 Å². The van der Waals surface area contributed by atoms with Gasteiger partial charge in [-0.3, -0.25) is 4.79 Å². The normalized spacial score (nSPS) is 10.6. The van der Waals surface area contributed by atoms with Crippen molar-refractivity contribution in [2.24, 2.45) is 5.84 Å². The van der Waals surface area contributed by atoms with Gasteiger partial charge < -0.3 is 4.74 Å². The summed E-state index contributed by atoms with van der Waals surface area (Å²) in [5.74, 6) is 6.69. The molecule has 2 N–H and O–H groups in total. The van der Waals surface area contributed by atoms with Gasteiger partial charge in [-0.15, -0.1) is 0 Å². The van der Waals surface area contributed by atoms with Crippen LogP contribution in [-0.2, 0) is 6.61 Å². The van der Waals surface area contributed by atoms with E-state index in [1.54, 1.807) is 12.1 Å². The van der Waals surface area contributed by atoms with E-state index in [-0.39, 0.29) is 5.91 Å². The first-order valence-corrected chi connectivity index (χ1v) is 9.07. The molecule has 0 saturated carbocycles. The number of amides is 1. The standard InChI is InChI=1S/C24H20N2O2/c25-26(24(27)19-11-5-2-6-12-19)22-15-16-23(21-14-8-7-13-20(21)22)28-17-18-9-3-1-4-10-18/h1-16H,17,25H2. The number of rotatable bonds is 5. The van der Waals surface area contributed by atoms with Gasteiger partial charge in [-0.1, -0.05) is 72.8 Å². The Morgan fingerprint density at radius 2 is 1.36 bits per heavy atom. The lowest BCUT2D eigenvalue weighted by molar-refractivity contribution is 0.0987. The monoisotopic (exact) mass is 368 g/mol. The van der Waals surface area contributed by atoms with Crippen LogP contribution in [0, 0.1) is 0 Å². The minimum absolute atomic E-state index is 0.260. The summed E-state index contributed by atoms with van der Waals surface area (Å²) in [6, 6.07) is 30.5. The van der Waals surface area contributed by atoms with Crippen LogP contribution in [0.3, 0.4) is 0 Å². The molecule has 0 saturated heterocycles. The molecule has 0 radical (unpaired) electrons. The Kier molecular flexibility index (Phi) is 5.04. The number of benzene rings is 4. The fourth-order valence-electron chi connectivity index (χ4n) is 3.16. The van der Waals surface area contributed by atoms with Gasteiger partial charge in [0.25, 0.3) is 5.91 Å². The molecule has 4 heteroatoms. The number of nitrogens with zero attached hydrogens (tertiary/aromatic N) is 1. The van der Waals surface area contributed by atoms with E-state index in [0.717, 1.165) is 22.1 Å². The number of anilines is 1. The number of hydrazine groups is 1. The van der Waals surface area contributed by atoms with E-state index in [2.05, 4.69) is 0 Å². The molecule has 28 heavy (non-hydrogen) atoms. The number of carbonyl (C=O) groups is 1. The number of fused-ring (bicyclic) bond motifs is 1. The smallest absolute Gasteiger partial charge is 0.272 e. The molecule has 0 aromatic heterocycles. The second-order valence-electron chi connectivity index (χ2n) is 6.44. The van der Waals surface area contributed by atoms with Crippen molar-refractivity contribution >= 4 is 22.4 Å². The van der Waals surface area contributed by atoms with Crippen LogP contribution in [-0.4, -0.2) is 5.91 Å². The van der Waals surface area contributed by atoms with Crippen molar-refractivity contribution in [3.63, 3.8) is 0 Å². The van der Waals surface area contributed by atoms with Gasteiger partial charge in [0.05, 0.1) is 5.69 Å².